The average Bonchev–Trinajstić information content (AvgIpc) is 3.17. The zero-order valence-corrected chi connectivity index (χ0v) is 18.0. The van der Waals surface area contributed by atoms with Crippen molar-refractivity contribution in [3.63, 3.8) is 0 Å². The summed E-state index contributed by atoms with van der Waals surface area (Å²) in [4.78, 5) is 34.3. The van der Waals surface area contributed by atoms with Crippen molar-refractivity contribution < 1.29 is 14.5 Å². The topological polar surface area (TPSA) is 54.2 Å². The number of aliphatic imine (C=N–C) groups is 1. The normalized spacial score (nSPS) is 24.0. The van der Waals surface area contributed by atoms with Gasteiger partial charge in [-0.05, 0) is 55.7 Å². The molecule has 2 aliphatic heterocycles. The highest BCUT2D eigenvalue weighted by atomic mass is 16.2. The first-order valence-electron chi connectivity index (χ1n) is 10.9. The third-order valence-electron chi connectivity index (χ3n) is 6.34. The van der Waals surface area contributed by atoms with Crippen molar-refractivity contribution >= 4 is 23.7 Å². The van der Waals surface area contributed by atoms with Crippen molar-refractivity contribution in [3.05, 3.63) is 64.7 Å². The molecular formula is C25H30N3O2+. The van der Waals surface area contributed by atoms with Crippen LogP contribution in [-0.4, -0.2) is 43.7 Å². The summed E-state index contributed by atoms with van der Waals surface area (Å²) in [6.07, 6.45) is 4.20. The van der Waals surface area contributed by atoms with E-state index in [9.17, 15) is 9.59 Å². The molecule has 0 bridgehead atoms. The molecule has 2 heterocycles. The van der Waals surface area contributed by atoms with Gasteiger partial charge in [-0.3, -0.25) is 14.6 Å². The number of carbonyl (C=O) groups excluding carboxylic acids is 2. The summed E-state index contributed by atoms with van der Waals surface area (Å²) in [5.74, 6) is -1.02. The van der Waals surface area contributed by atoms with E-state index in [0.29, 0.717) is 17.3 Å². The fourth-order valence-corrected chi connectivity index (χ4v) is 4.89. The highest BCUT2D eigenvalue weighted by molar-refractivity contribution is 6.29. The van der Waals surface area contributed by atoms with Crippen molar-refractivity contribution in [2.75, 3.05) is 24.5 Å². The van der Waals surface area contributed by atoms with Gasteiger partial charge in [0, 0.05) is 24.6 Å². The molecule has 1 saturated heterocycles. The maximum absolute atomic E-state index is 13.5. The fraction of sp³-hybridized carbons (Fsp3) is 0.400. The Balaban J connectivity index is 1.67. The number of likely N-dealkylation sites (tertiary alicyclic amines) is 1. The molecule has 0 aliphatic carbocycles. The van der Waals surface area contributed by atoms with Crippen LogP contribution in [0.2, 0.25) is 0 Å². The van der Waals surface area contributed by atoms with Gasteiger partial charge in [0.1, 0.15) is 6.04 Å². The van der Waals surface area contributed by atoms with E-state index < -0.39 is 5.92 Å². The third-order valence-corrected chi connectivity index (χ3v) is 6.34. The molecule has 0 aromatic heterocycles. The number of carbonyl (C=O) groups is 2. The van der Waals surface area contributed by atoms with Crippen LogP contribution < -0.4 is 9.80 Å². The van der Waals surface area contributed by atoms with E-state index in [4.69, 9.17) is 4.99 Å². The van der Waals surface area contributed by atoms with Crippen LogP contribution in [0.3, 0.4) is 0 Å². The third kappa shape index (κ3) is 3.82. The number of imide groups is 1. The number of quaternary nitrogens is 1. The molecule has 2 aromatic carbocycles. The van der Waals surface area contributed by atoms with E-state index in [1.54, 1.807) is 17.2 Å². The number of fused-ring (bicyclic) bond motifs is 1. The first kappa shape index (κ1) is 20.5. The van der Waals surface area contributed by atoms with Gasteiger partial charge in [-0.15, -0.1) is 0 Å². The zero-order chi connectivity index (χ0) is 21.3. The predicted molar refractivity (Wildman–Crippen MR) is 120 cm³/mol. The second-order valence-corrected chi connectivity index (χ2v) is 8.50. The second-order valence-electron chi connectivity index (χ2n) is 8.50. The largest absolute Gasteiger partial charge is 0.331 e. The summed E-state index contributed by atoms with van der Waals surface area (Å²) in [7, 11) is 0. The molecule has 1 N–H and O–H groups in total. The molecule has 5 heteroatoms. The van der Waals surface area contributed by atoms with E-state index in [0.717, 1.165) is 29.8 Å². The Bertz CT molecular complexity index is 977. The molecule has 2 aliphatic rings. The van der Waals surface area contributed by atoms with Gasteiger partial charge in [-0.1, -0.05) is 24.3 Å². The molecule has 2 aromatic rings. The molecule has 0 saturated carbocycles. The predicted octanol–water partition coefficient (Wildman–Crippen LogP) is 2.71. The van der Waals surface area contributed by atoms with Crippen molar-refractivity contribution in [2.45, 2.75) is 45.6 Å². The van der Waals surface area contributed by atoms with Crippen LogP contribution in [0.15, 0.2) is 47.5 Å². The number of likely N-dealkylation sites (N-methyl/N-ethyl adjacent to an activating group) is 1. The van der Waals surface area contributed by atoms with Crippen LogP contribution >= 0.6 is 0 Å². The number of anilines is 1. The Morgan fingerprint density at radius 3 is 2.60 bits per heavy atom. The lowest BCUT2D eigenvalue weighted by molar-refractivity contribution is -0.908. The van der Waals surface area contributed by atoms with Gasteiger partial charge in [0.2, 0.25) is 5.91 Å². The minimum Gasteiger partial charge on any atom is -0.331 e. The molecule has 30 heavy (non-hydrogen) atoms. The minimum absolute atomic E-state index is 0.224. The molecule has 0 radical (unpaired) electrons. The lowest BCUT2D eigenvalue weighted by atomic mass is 9.88. The number of hydrogen-bond donors (Lipinski definition) is 1. The first-order valence-corrected chi connectivity index (χ1v) is 10.9. The Hall–Kier alpha value is -2.79. The standard InChI is InChI=1S/C25H29N3O2/c1-4-27-11-7-8-19(27)15-26-16-23-21-9-5-6-10-22(21)24(29)28(25(23)30)20-13-17(2)12-18(3)14-20/h5-6,9-10,12-14,16,19,23H,4,7-8,11,15H2,1-3H3/p+1/t19-,23?/m0/s1. The van der Waals surface area contributed by atoms with E-state index in [2.05, 4.69) is 6.92 Å². The summed E-state index contributed by atoms with van der Waals surface area (Å²) in [5, 5.41) is 0. The van der Waals surface area contributed by atoms with E-state index in [1.165, 1.54) is 24.3 Å². The minimum atomic E-state index is -0.536. The smallest absolute Gasteiger partial charge is 0.265 e. The molecule has 4 rings (SSSR count). The van der Waals surface area contributed by atoms with Crippen molar-refractivity contribution in [1.29, 1.82) is 0 Å². The van der Waals surface area contributed by atoms with Crippen LogP contribution in [0.25, 0.3) is 0 Å². The zero-order valence-electron chi connectivity index (χ0n) is 18.0. The van der Waals surface area contributed by atoms with Gasteiger partial charge in [0.25, 0.3) is 5.91 Å². The van der Waals surface area contributed by atoms with Crippen LogP contribution in [0.1, 0.15) is 52.7 Å². The van der Waals surface area contributed by atoms with Crippen LogP contribution in [0.5, 0.6) is 0 Å². The van der Waals surface area contributed by atoms with Crippen LogP contribution in [-0.2, 0) is 4.79 Å². The summed E-state index contributed by atoms with van der Waals surface area (Å²) >= 11 is 0. The highest BCUT2D eigenvalue weighted by Gasteiger charge is 2.39. The number of nitrogens with one attached hydrogen (secondary N) is 1. The highest BCUT2D eigenvalue weighted by Crippen LogP contribution is 2.32. The summed E-state index contributed by atoms with van der Waals surface area (Å²) in [6.45, 7) is 9.22. The number of amides is 2. The lowest BCUT2D eigenvalue weighted by Crippen LogP contribution is -3.13. The summed E-state index contributed by atoms with van der Waals surface area (Å²) in [6, 6.07) is 13.8. The van der Waals surface area contributed by atoms with Gasteiger partial charge in [-0.25, -0.2) is 4.90 Å². The fourth-order valence-electron chi connectivity index (χ4n) is 4.89. The van der Waals surface area contributed by atoms with Gasteiger partial charge in [0.15, 0.2) is 0 Å². The molecule has 1 fully saturated rings. The SMILES string of the molecule is CC[NH+]1CCC[C@H]1CN=CC1C(=O)N(c2cc(C)cc(C)c2)C(=O)c2ccccc21. The van der Waals surface area contributed by atoms with Gasteiger partial charge in [-0.2, -0.15) is 0 Å². The molecule has 2 amide bonds. The molecule has 0 spiro atoms. The van der Waals surface area contributed by atoms with Crippen molar-refractivity contribution in [2.24, 2.45) is 4.99 Å². The molecule has 156 valence electrons. The summed E-state index contributed by atoms with van der Waals surface area (Å²) < 4.78 is 0. The number of aryl methyl sites for hydroxylation is 2. The van der Waals surface area contributed by atoms with Crippen LogP contribution in [0.4, 0.5) is 5.69 Å². The Labute approximate surface area is 178 Å². The number of benzene rings is 2. The Kier molecular flexibility index (Phi) is 5.82. The first-order chi connectivity index (χ1) is 14.5. The number of rotatable bonds is 5. The quantitative estimate of drug-likeness (QED) is 0.615. The van der Waals surface area contributed by atoms with E-state index in [1.807, 2.05) is 50.2 Å². The Morgan fingerprint density at radius 1 is 1.13 bits per heavy atom. The van der Waals surface area contributed by atoms with Gasteiger partial charge < -0.3 is 4.90 Å². The monoisotopic (exact) mass is 404 g/mol. The van der Waals surface area contributed by atoms with Crippen molar-refractivity contribution in [3.8, 4) is 0 Å². The second kappa shape index (κ2) is 8.52. The lowest BCUT2D eigenvalue weighted by Gasteiger charge is -2.31. The van der Waals surface area contributed by atoms with Gasteiger partial charge >= 0.3 is 0 Å². The van der Waals surface area contributed by atoms with Crippen molar-refractivity contribution in [1.82, 2.24) is 0 Å². The maximum Gasteiger partial charge on any atom is 0.265 e. The molecule has 5 nitrogen and oxygen atoms in total. The number of hydrogen-bond acceptors (Lipinski definition) is 3. The molecular weight excluding hydrogens is 374 g/mol. The Morgan fingerprint density at radius 2 is 1.87 bits per heavy atom. The summed E-state index contributed by atoms with van der Waals surface area (Å²) in [5.41, 5.74) is 4.02. The molecule has 2 unspecified atom stereocenters. The average molecular weight is 405 g/mol. The molecule has 3 atom stereocenters. The van der Waals surface area contributed by atoms with E-state index >= 15 is 0 Å². The number of nitrogens with zero attached hydrogens (tertiary/aromatic N) is 2. The maximum atomic E-state index is 13.5. The van der Waals surface area contributed by atoms with Crippen LogP contribution in [0, 0.1) is 13.8 Å². The van der Waals surface area contributed by atoms with E-state index in [-0.39, 0.29) is 11.8 Å². The van der Waals surface area contributed by atoms with Gasteiger partial charge in [0.05, 0.1) is 31.2 Å².